The van der Waals surface area contributed by atoms with Crippen LogP contribution in [0.1, 0.15) is 21.7 Å². The Hall–Kier alpha value is -3.07. The van der Waals surface area contributed by atoms with Gasteiger partial charge in [-0.25, -0.2) is 9.97 Å². The highest BCUT2D eigenvalue weighted by Crippen LogP contribution is 2.38. The molecule has 9 heteroatoms. The van der Waals surface area contributed by atoms with E-state index in [0.717, 1.165) is 37.6 Å². The molecule has 1 aliphatic rings. The highest BCUT2D eigenvalue weighted by Gasteiger charge is 2.21. The lowest BCUT2D eigenvalue weighted by Crippen LogP contribution is -2.45. The van der Waals surface area contributed by atoms with E-state index in [1.165, 1.54) is 21.3 Å². The van der Waals surface area contributed by atoms with E-state index in [0.29, 0.717) is 34.4 Å². The lowest BCUT2D eigenvalue weighted by atomic mass is 10.1. The maximum atomic E-state index is 12.9. The standard InChI is InChI=1S/C21H29N5O4/c1-13-18(14(2)23-21(22-13)26-9-7-25(3)8-10-26)24-20(27)15-11-16(28-4)19(30-6)17(12-15)29-5/h11-12H,7-10H2,1-6H3,(H,24,27). The van der Waals surface area contributed by atoms with Gasteiger partial charge in [-0.2, -0.15) is 0 Å². The molecule has 3 rings (SSSR count). The van der Waals surface area contributed by atoms with Gasteiger partial charge in [-0.3, -0.25) is 4.79 Å². The van der Waals surface area contributed by atoms with Gasteiger partial charge in [-0.1, -0.05) is 0 Å². The van der Waals surface area contributed by atoms with Crippen LogP contribution in [0.2, 0.25) is 0 Å². The number of nitrogens with zero attached hydrogens (tertiary/aromatic N) is 4. The molecule has 1 amide bonds. The van der Waals surface area contributed by atoms with Gasteiger partial charge in [0.25, 0.3) is 5.91 Å². The zero-order chi connectivity index (χ0) is 21.8. The van der Waals surface area contributed by atoms with Crippen LogP contribution in [0.25, 0.3) is 0 Å². The van der Waals surface area contributed by atoms with Crippen LogP contribution in [-0.4, -0.2) is 75.3 Å². The fourth-order valence-corrected chi connectivity index (χ4v) is 3.43. The average molecular weight is 415 g/mol. The molecular weight excluding hydrogens is 386 g/mol. The van der Waals surface area contributed by atoms with Crippen molar-refractivity contribution in [2.45, 2.75) is 13.8 Å². The second-order valence-corrected chi connectivity index (χ2v) is 7.23. The Morgan fingerprint density at radius 1 is 0.933 bits per heavy atom. The molecule has 2 heterocycles. The van der Waals surface area contributed by atoms with Crippen LogP contribution in [0.5, 0.6) is 17.2 Å². The normalized spacial score (nSPS) is 14.4. The lowest BCUT2D eigenvalue weighted by Gasteiger charge is -2.32. The molecule has 0 aliphatic carbocycles. The number of carbonyl (C=O) groups is 1. The van der Waals surface area contributed by atoms with Gasteiger partial charge in [0.15, 0.2) is 11.5 Å². The summed E-state index contributed by atoms with van der Waals surface area (Å²) < 4.78 is 16.0. The van der Waals surface area contributed by atoms with E-state index < -0.39 is 0 Å². The number of piperazine rings is 1. The van der Waals surface area contributed by atoms with E-state index in [1.54, 1.807) is 12.1 Å². The largest absolute Gasteiger partial charge is 0.493 e. The zero-order valence-corrected chi connectivity index (χ0v) is 18.4. The predicted molar refractivity (Wildman–Crippen MR) is 115 cm³/mol. The topological polar surface area (TPSA) is 89.1 Å². The van der Waals surface area contributed by atoms with E-state index in [4.69, 9.17) is 14.2 Å². The van der Waals surface area contributed by atoms with E-state index in [-0.39, 0.29) is 5.91 Å². The molecule has 162 valence electrons. The Morgan fingerprint density at radius 2 is 1.47 bits per heavy atom. The number of hydrogen-bond donors (Lipinski definition) is 1. The molecule has 1 aliphatic heterocycles. The fourth-order valence-electron chi connectivity index (χ4n) is 3.43. The summed E-state index contributed by atoms with van der Waals surface area (Å²) in [6.45, 7) is 7.46. The molecule has 0 radical (unpaired) electrons. The summed E-state index contributed by atoms with van der Waals surface area (Å²) in [5.74, 6) is 1.65. The SMILES string of the molecule is COc1cc(C(=O)Nc2c(C)nc(N3CCN(C)CC3)nc2C)cc(OC)c1OC. The van der Waals surface area contributed by atoms with Crippen LogP contribution in [-0.2, 0) is 0 Å². The van der Waals surface area contributed by atoms with Crippen LogP contribution in [0.4, 0.5) is 11.6 Å². The summed E-state index contributed by atoms with van der Waals surface area (Å²) >= 11 is 0. The zero-order valence-electron chi connectivity index (χ0n) is 18.4. The third-order valence-electron chi connectivity index (χ3n) is 5.21. The molecule has 1 fully saturated rings. The molecule has 30 heavy (non-hydrogen) atoms. The predicted octanol–water partition coefficient (Wildman–Crippen LogP) is 2.12. The van der Waals surface area contributed by atoms with Crippen molar-refractivity contribution in [3.8, 4) is 17.2 Å². The third kappa shape index (κ3) is 4.40. The second kappa shape index (κ2) is 9.17. The summed E-state index contributed by atoms with van der Waals surface area (Å²) in [5, 5.41) is 2.93. The number of aromatic nitrogens is 2. The van der Waals surface area contributed by atoms with E-state index >= 15 is 0 Å². The monoisotopic (exact) mass is 415 g/mol. The summed E-state index contributed by atoms with van der Waals surface area (Å²) in [5.41, 5.74) is 2.42. The van der Waals surface area contributed by atoms with Gasteiger partial charge in [0, 0.05) is 31.7 Å². The summed E-state index contributed by atoms with van der Waals surface area (Å²) in [4.78, 5) is 26.7. The van der Waals surface area contributed by atoms with Crippen molar-refractivity contribution < 1.29 is 19.0 Å². The molecule has 0 atom stereocenters. The number of hydrogen-bond acceptors (Lipinski definition) is 8. The summed E-state index contributed by atoms with van der Waals surface area (Å²) in [6.07, 6.45) is 0. The molecule has 2 aromatic rings. The van der Waals surface area contributed by atoms with Gasteiger partial charge in [-0.05, 0) is 33.0 Å². The van der Waals surface area contributed by atoms with Gasteiger partial charge < -0.3 is 29.3 Å². The Bertz CT molecular complexity index is 878. The molecular formula is C21H29N5O4. The minimum Gasteiger partial charge on any atom is -0.493 e. The first-order chi connectivity index (χ1) is 14.4. The van der Waals surface area contributed by atoms with Gasteiger partial charge in [-0.15, -0.1) is 0 Å². The van der Waals surface area contributed by atoms with Crippen molar-refractivity contribution in [2.75, 3.05) is 64.8 Å². The maximum Gasteiger partial charge on any atom is 0.256 e. The van der Waals surface area contributed by atoms with Crippen molar-refractivity contribution in [3.63, 3.8) is 0 Å². The second-order valence-electron chi connectivity index (χ2n) is 7.23. The molecule has 1 saturated heterocycles. The van der Waals surface area contributed by atoms with E-state index in [2.05, 4.69) is 32.1 Å². The Morgan fingerprint density at radius 3 is 1.93 bits per heavy atom. The number of likely N-dealkylation sites (N-methyl/N-ethyl adjacent to an activating group) is 1. The number of anilines is 2. The Kier molecular flexibility index (Phi) is 6.61. The van der Waals surface area contributed by atoms with Crippen LogP contribution in [0.15, 0.2) is 12.1 Å². The van der Waals surface area contributed by atoms with E-state index in [9.17, 15) is 4.79 Å². The van der Waals surface area contributed by atoms with Crippen LogP contribution >= 0.6 is 0 Å². The molecule has 0 saturated carbocycles. The minimum atomic E-state index is -0.309. The Balaban J connectivity index is 1.85. The molecule has 0 spiro atoms. The first-order valence-corrected chi connectivity index (χ1v) is 9.78. The number of aryl methyl sites for hydroxylation is 2. The van der Waals surface area contributed by atoms with Crippen molar-refractivity contribution in [1.82, 2.24) is 14.9 Å². The summed E-state index contributed by atoms with van der Waals surface area (Å²) in [7, 11) is 6.65. The van der Waals surface area contributed by atoms with E-state index in [1.807, 2.05) is 13.8 Å². The third-order valence-corrected chi connectivity index (χ3v) is 5.21. The number of rotatable bonds is 6. The smallest absolute Gasteiger partial charge is 0.256 e. The Labute approximate surface area is 177 Å². The number of benzene rings is 1. The fraction of sp³-hybridized carbons (Fsp3) is 0.476. The number of nitrogens with one attached hydrogen (secondary N) is 1. The van der Waals surface area contributed by atoms with Crippen molar-refractivity contribution >= 4 is 17.5 Å². The van der Waals surface area contributed by atoms with Crippen LogP contribution in [0.3, 0.4) is 0 Å². The molecule has 1 aromatic carbocycles. The molecule has 0 unspecified atom stereocenters. The molecule has 0 bridgehead atoms. The van der Waals surface area contributed by atoms with Crippen molar-refractivity contribution in [1.29, 1.82) is 0 Å². The highest BCUT2D eigenvalue weighted by molar-refractivity contribution is 6.05. The molecule has 1 N–H and O–H groups in total. The molecule has 1 aromatic heterocycles. The maximum absolute atomic E-state index is 12.9. The van der Waals surface area contributed by atoms with Gasteiger partial charge in [0.1, 0.15) is 0 Å². The first-order valence-electron chi connectivity index (χ1n) is 9.78. The van der Waals surface area contributed by atoms with Gasteiger partial charge in [0.05, 0.1) is 38.4 Å². The quantitative estimate of drug-likeness (QED) is 0.768. The molecule has 9 nitrogen and oxygen atoms in total. The number of carbonyl (C=O) groups excluding carboxylic acids is 1. The van der Waals surface area contributed by atoms with Gasteiger partial charge >= 0.3 is 0 Å². The first kappa shape index (κ1) is 21.6. The van der Waals surface area contributed by atoms with Crippen LogP contribution in [0, 0.1) is 13.8 Å². The van der Waals surface area contributed by atoms with Gasteiger partial charge in [0.2, 0.25) is 11.7 Å². The number of methoxy groups -OCH3 is 3. The number of ether oxygens (including phenoxy) is 3. The summed E-state index contributed by atoms with van der Waals surface area (Å²) in [6, 6.07) is 3.22. The average Bonchev–Trinajstić information content (AvgIpc) is 2.75. The number of amides is 1. The minimum absolute atomic E-state index is 0.309. The van der Waals surface area contributed by atoms with Crippen molar-refractivity contribution in [2.24, 2.45) is 0 Å². The van der Waals surface area contributed by atoms with Crippen LogP contribution < -0.4 is 24.4 Å². The lowest BCUT2D eigenvalue weighted by molar-refractivity contribution is 0.102. The highest BCUT2D eigenvalue weighted by atomic mass is 16.5. The van der Waals surface area contributed by atoms with Crippen molar-refractivity contribution in [3.05, 3.63) is 29.1 Å².